The van der Waals surface area contributed by atoms with E-state index in [9.17, 15) is 14.4 Å². The highest BCUT2D eigenvalue weighted by Crippen LogP contribution is 2.40. The zero-order chi connectivity index (χ0) is 19.4. The Hall–Kier alpha value is -2.51. The number of hydrogen-bond donors (Lipinski definition) is 1. The van der Waals surface area contributed by atoms with Gasteiger partial charge in [-0.25, -0.2) is 4.79 Å². The zero-order valence-electron chi connectivity index (χ0n) is 15.3. The molecule has 0 aliphatic heterocycles. The lowest BCUT2D eigenvalue weighted by Gasteiger charge is -2.09. The molecule has 142 valence electrons. The summed E-state index contributed by atoms with van der Waals surface area (Å²) >= 11 is 1.45. The van der Waals surface area contributed by atoms with E-state index in [4.69, 9.17) is 4.74 Å². The number of fused-ring (bicyclic) bond motifs is 1. The Morgan fingerprint density at radius 1 is 1.11 bits per heavy atom. The first-order chi connectivity index (χ1) is 13.0. The van der Waals surface area contributed by atoms with Crippen molar-refractivity contribution in [2.45, 2.75) is 26.2 Å². The number of aryl methyl sites for hydroxylation is 2. The predicted octanol–water partition coefficient (Wildman–Crippen LogP) is 2.90. The maximum absolute atomic E-state index is 13.1. The van der Waals surface area contributed by atoms with E-state index in [1.807, 2.05) is 31.2 Å². The van der Waals surface area contributed by atoms with Crippen LogP contribution < -0.4 is 5.32 Å². The topological polar surface area (TPSA) is 81.7 Å². The number of esters is 1. The molecule has 0 saturated carbocycles. The van der Waals surface area contributed by atoms with Crippen LogP contribution >= 0.6 is 11.3 Å². The molecule has 1 aromatic carbocycles. The molecule has 0 spiro atoms. The first-order valence-electron chi connectivity index (χ1n) is 8.70. The molecule has 1 heterocycles. The molecule has 0 radical (unpaired) electrons. The lowest BCUT2D eigenvalue weighted by atomic mass is 9.99. The Bertz CT molecular complexity index is 869. The van der Waals surface area contributed by atoms with Gasteiger partial charge in [-0.2, -0.15) is 0 Å². The molecule has 2 aromatic rings. The Kier molecular flexibility index (Phi) is 6.03. The van der Waals surface area contributed by atoms with Crippen molar-refractivity contribution in [2.75, 3.05) is 25.6 Å². The van der Waals surface area contributed by atoms with Crippen LogP contribution in [0.15, 0.2) is 24.3 Å². The average Bonchev–Trinajstić information content (AvgIpc) is 3.22. The number of ketones is 1. The van der Waals surface area contributed by atoms with Gasteiger partial charge in [-0.15, -0.1) is 11.3 Å². The second kappa shape index (κ2) is 8.45. The number of rotatable bonds is 7. The van der Waals surface area contributed by atoms with Gasteiger partial charge in [0.1, 0.15) is 18.2 Å². The van der Waals surface area contributed by atoms with Gasteiger partial charge in [0, 0.05) is 10.4 Å². The molecule has 1 N–H and O–H groups in total. The zero-order valence-corrected chi connectivity index (χ0v) is 16.1. The molecule has 7 heteroatoms. The van der Waals surface area contributed by atoms with Gasteiger partial charge in [-0.3, -0.25) is 9.59 Å². The third-order valence-electron chi connectivity index (χ3n) is 4.40. The number of benzene rings is 1. The summed E-state index contributed by atoms with van der Waals surface area (Å²) in [5, 5.41) is 3.33. The number of carbonyl (C=O) groups excluding carboxylic acids is 3. The molecule has 6 nitrogen and oxygen atoms in total. The monoisotopic (exact) mass is 387 g/mol. The third-order valence-corrected chi connectivity index (χ3v) is 5.60. The molecule has 0 bridgehead atoms. The number of thiophene rings is 1. The summed E-state index contributed by atoms with van der Waals surface area (Å²) in [4.78, 5) is 37.5. The Balaban J connectivity index is 1.78. The smallest absolute Gasteiger partial charge is 0.331 e. The summed E-state index contributed by atoms with van der Waals surface area (Å²) in [6.45, 7) is 1.40. The molecular weight excluding hydrogens is 366 g/mol. The van der Waals surface area contributed by atoms with Crippen molar-refractivity contribution in [3.8, 4) is 0 Å². The van der Waals surface area contributed by atoms with E-state index in [-0.39, 0.29) is 19.0 Å². The summed E-state index contributed by atoms with van der Waals surface area (Å²) in [6.07, 6.45) is 2.78. The minimum absolute atomic E-state index is 0.0832. The van der Waals surface area contributed by atoms with E-state index in [0.717, 1.165) is 35.3 Å². The van der Waals surface area contributed by atoms with E-state index in [1.165, 1.54) is 18.4 Å². The molecule has 1 aromatic heterocycles. The van der Waals surface area contributed by atoms with Crippen LogP contribution in [0.25, 0.3) is 0 Å². The molecular formula is C20H21NO5S. The van der Waals surface area contributed by atoms with Crippen molar-refractivity contribution in [2.24, 2.45) is 0 Å². The molecule has 1 aliphatic carbocycles. The maximum atomic E-state index is 13.1. The molecule has 3 rings (SSSR count). The van der Waals surface area contributed by atoms with Gasteiger partial charge in [0.2, 0.25) is 0 Å². The Labute approximate surface area is 161 Å². The van der Waals surface area contributed by atoms with Crippen molar-refractivity contribution >= 4 is 34.0 Å². The molecule has 0 fully saturated rings. The van der Waals surface area contributed by atoms with E-state index >= 15 is 0 Å². The van der Waals surface area contributed by atoms with Gasteiger partial charge in [-0.05, 0) is 31.7 Å². The fraction of sp³-hybridized carbons (Fsp3) is 0.350. The number of anilines is 1. The standard InChI is InChI=1S/C20H21NO5S/c1-12-6-8-13(9-7-12)19(24)18-14-4-3-5-15(14)27-20(18)21-16(22)10-26-11-17(23)25-2/h6-9H,3-5,10-11H2,1-2H3,(H,21,22). The second-order valence-electron chi connectivity index (χ2n) is 6.37. The summed E-state index contributed by atoms with van der Waals surface area (Å²) in [6, 6.07) is 7.42. The first kappa shape index (κ1) is 19.3. The van der Waals surface area contributed by atoms with E-state index in [1.54, 1.807) is 0 Å². The quantitative estimate of drug-likeness (QED) is 0.584. The highest BCUT2D eigenvalue weighted by atomic mass is 32.1. The highest BCUT2D eigenvalue weighted by Gasteiger charge is 2.28. The largest absolute Gasteiger partial charge is 0.467 e. The Morgan fingerprint density at radius 3 is 2.56 bits per heavy atom. The number of methoxy groups -OCH3 is 1. The van der Waals surface area contributed by atoms with Crippen LogP contribution in [0.2, 0.25) is 0 Å². The van der Waals surface area contributed by atoms with Gasteiger partial charge >= 0.3 is 5.97 Å². The maximum Gasteiger partial charge on any atom is 0.331 e. The summed E-state index contributed by atoms with van der Waals surface area (Å²) in [7, 11) is 1.25. The number of carbonyl (C=O) groups is 3. The minimum atomic E-state index is -0.548. The molecule has 1 aliphatic rings. The number of amides is 1. The lowest BCUT2D eigenvalue weighted by Crippen LogP contribution is -2.22. The molecule has 0 atom stereocenters. The van der Waals surface area contributed by atoms with E-state index < -0.39 is 11.9 Å². The van der Waals surface area contributed by atoms with Crippen LogP contribution in [-0.2, 0) is 31.9 Å². The summed E-state index contributed by atoms with van der Waals surface area (Å²) < 4.78 is 9.49. The molecule has 0 saturated heterocycles. The molecule has 1 amide bonds. The Morgan fingerprint density at radius 2 is 1.85 bits per heavy atom. The van der Waals surface area contributed by atoms with Crippen LogP contribution in [0.3, 0.4) is 0 Å². The van der Waals surface area contributed by atoms with Crippen molar-refractivity contribution in [3.05, 3.63) is 51.4 Å². The second-order valence-corrected chi connectivity index (χ2v) is 7.48. The van der Waals surface area contributed by atoms with E-state index in [0.29, 0.717) is 16.1 Å². The van der Waals surface area contributed by atoms with Crippen LogP contribution in [0, 0.1) is 6.92 Å². The van der Waals surface area contributed by atoms with Crippen LogP contribution in [0.4, 0.5) is 5.00 Å². The third kappa shape index (κ3) is 4.43. The SMILES string of the molecule is COC(=O)COCC(=O)Nc1sc2c(c1C(=O)c1ccc(C)cc1)CCC2. The minimum Gasteiger partial charge on any atom is -0.467 e. The summed E-state index contributed by atoms with van der Waals surface area (Å²) in [5.41, 5.74) is 3.30. The predicted molar refractivity (Wildman–Crippen MR) is 102 cm³/mol. The number of nitrogens with one attached hydrogen (secondary N) is 1. The van der Waals surface area contributed by atoms with Gasteiger partial charge in [0.25, 0.3) is 5.91 Å². The van der Waals surface area contributed by atoms with Crippen molar-refractivity contribution in [1.29, 1.82) is 0 Å². The lowest BCUT2D eigenvalue weighted by molar-refractivity contribution is -0.146. The average molecular weight is 387 g/mol. The van der Waals surface area contributed by atoms with Crippen LogP contribution in [0.1, 0.15) is 38.3 Å². The van der Waals surface area contributed by atoms with Crippen molar-refractivity contribution in [3.63, 3.8) is 0 Å². The van der Waals surface area contributed by atoms with Gasteiger partial charge in [0.05, 0.1) is 12.7 Å². The number of ether oxygens (including phenoxy) is 2. The van der Waals surface area contributed by atoms with Crippen molar-refractivity contribution in [1.82, 2.24) is 0 Å². The fourth-order valence-corrected chi connectivity index (χ4v) is 4.33. The van der Waals surface area contributed by atoms with Crippen LogP contribution in [-0.4, -0.2) is 38.0 Å². The molecule has 0 unspecified atom stereocenters. The van der Waals surface area contributed by atoms with Gasteiger partial charge in [0.15, 0.2) is 5.78 Å². The highest BCUT2D eigenvalue weighted by molar-refractivity contribution is 7.17. The molecule has 27 heavy (non-hydrogen) atoms. The van der Waals surface area contributed by atoms with Gasteiger partial charge in [-0.1, -0.05) is 29.8 Å². The number of hydrogen-bond acceptors (Lipinski definition) is 6. The van der Waals surface area contributed by atoms with Crippen molar-refractivity contribution < 1.29 is 23.9 Å². The fourth-order valence-electron chi connectivity index (χ4n) is 3.03. The summed E-state index contributed by atoms with van der Waals surface area (Å²) in [5.74, 6) is -1.04. The van der Waals surface area contributed by atoms with Crippen LogP contribution in [0.5, 0.6) is 0 Å². The first-order valence-corrected chi connectivity index (χ1v) is 9.51. The van der Waals surface area contributed by atoms with E-state index in [2.05, 4.69) is 10.1 Å². The van der Waals surface area contributed by atoms with Gasteiger partial charge < -0.3 is 14.8 Å². The normalized spacial score (nSPS) is 12.5.